The number of hydrogen-bond acceptors (Lipinski definition) is 6. The van der Waals surface area contributed by atoms with Gasteiger partial charge >= 0.3 is 17.9 Å². The molecule has 2 atom stereocenters. The summed E-state index contributed by atoms with van der Waals surface area (Å²) in [5, 5.41) is 9.65. The molecule has 1 N–H and O–H groups in total. The fourth-order valence-corrected chi connectivity index (χ4v) is 8.03. The summed E-state index contributed by atoms with van der Waals surface area (Å²) in [4.78, 5) is 37.1. The average molecular weight is 877 g/mol. The molecule has 8 nitrogen and oxygen atoms in total. The lowest BCUT2D eigenvalue weighted by atomic mass is 10.0. The van der Waals surface area contributed by atoms with Crippen molar-refractivity contribution in [2.45, 2.75) is 264 Å². The molecule has 0 bridgehead atoms. The molecule has 0 fully saturated rings. The molecule has 0 aliphatic heterocycles. The number of carboxylic acid groups (broad SMARTS) is 1. The first-order valence-corrected chi connectivity index (χ1v) is 26.4. The Bertz CT molecular complexity index is 1070. The van der Waals surface area contributed by atoms with Crippen LogP contribution in [0.4, 0.5) is 0 Å². The zero-order valence-electron chi connectivity index (χ0n) is 41.6. The Balaban J connectivity index is 4.17. The summed E-state index contributed by atoms with van der Waals surface area (Å²) in [5.74, 6) is -1.46. The maximum Gasteiger partial charge on any atom is 0.362 e. The third-order valence-corrected chi connectivity index (χ3v) is 12.1. The maximum atomic E-state index is 12.8. The molecule has 0 aliphatic rings. The van der Waals surface area contributed by atoms with Crippen LogP contribution in [-0.4, -0.2) is 80.6 Å². The lowest BCUT2D eigenvalue weighted by molar-refractivity contribution is -0.887. The van der Waals surface area contributed by atoms with Crippen molar-refractivity contribution in [1.82, 2.24) is 0 Å². The number of nitrogens with zero attached hydrogens (tertiary/aromatic N) is 1. The van der Waals surface area contributed by atoms with E-state index in [0.29, 0.717) is 19.3 Å². The Morgan fingerprint density at radius 1 is 0.484 bits per heavy atom. The predicted octanol–water partition coefficient (Wildman–Crippen LogP) is 15.2. The van der Waals surface area contributed by atoms with E-state index < -0.39 is 18.1 Å². The highest BCUT2D eigenvalue weighted by Crippen LogP contribution is 2.17. The molecule has 0 aromatic heterocycles. The average Bonchev–Trinajstić information content (AvgIpc) is 3.23. The Morgan fingerprint density at radius 2 is 0.839 bits per heavy atom. The van der Waals surface area contributed by atoms with E-state index in [9.17, 15) is 19.5 Å². The van der Waals surface area contributed by atoms with Gasteiger partial charge in [0.25, 0.3) is 0 Å². The summed E-state index contributed by atoms with van der Waals surface area (Å²) in [6, 6.07) is -0.614. The summed E-state index contributed by atoms with van der Waals surface area (Å²) < 4.78 is 17.4. The highest BCUT2D eigenvalue weighted by molar-refractivity contribution is 5.72. The van der Waals surface area contributed by atoms with E-state index in [4.69, 9.17) is 14.2 Å². The van der Waals surface area contributed by atoms with Gasteiger partial charge in [-0.2, -0.15) is 0 Å². The van der Waals surface area contributed by atoms with E-state index in [0.717, 1.165) is 44.9 Å². The first-order chi connectivity index (χ1) is 30.1. The summed E-state index contributed by atoms with van der Waals surface area (Å²) in [6.07, 6.45) is 52.3. The highest BCUT2D eigenvalue weighted by atomic mass is 16.6. The molecule has 0 aromatic carbocycles. The lowest BCUT2D eigenvalue weighted by Gasteiger charge is -2.31. The fourth-order valence-electron chi connectivity index (χ4n) is 8.03. The number of carboxylic acids is 1. The van der Waals surface area contributed by atoms with Crippen LogP contribution >= 0.6 is 0 Å². The van der Waals surface area contributed by atoms with Crippen LogP contribution in [0.25, 0.3) is 0 Å². The number of allylic oxidation sites excluding steroid dienone is 4. The zero-order valence-corrected chi connectivity index (χ0v) is 41.6. The molecule has 0 radical (unpaired) electrons. The van der Waals surface area contributed by atoms with Crippen LogP contribution in [0, 0.1) is 0 Å². The van der Waals surface area contributed by atoms with Crippen molar-refractivity contribution < 1.29 is 38.2 Å². The fraction of sp³-hybridized carbons (Fsp3) is 0.870. The van der Waals surface area contributed by atoms with Crippen LogP contribution in [0.2, 0.25) is 0 Å². The maximum absolute atomic E-state index is 12.8. The third kappa shape index (κ3) is 43.1. The number of quaternary nitrogens is 1. The Hall–Kier alpha value is -2.19. The minimum atomic E-state index is -0.873. The summed E-state index contributed by atoms with van der Waals surface area (Å²) >= 11 is 0. The molecule has 0 spiro atoms. The number of likely N-dealkylation sites (N-methyl/N-ethyl adjacent to an activating group) is 1. The van der Waals surface area contributed by atoms with Gasteiger partial charge in [-0.15, -0.1) is 0 Å². The first kappa shape index (κ1) is 59.8. The number of carbonyl (C=O) groups excluding carboxylic acids is 2. The molecule has 8 heteroatoms. The minimum absolute atomic E-state index is 0.0525. The Kier molecular flexibility index (Phi) is 43.8. The number of rotatable bonds is 48. The van der Waals surface area contributed by atoms with Crippen LogP contribution in [0.5, 0.6) is 0 Å². The number of carbonyl (C=O) groups is 3. The van der Waals surface area contributed by atoms with Crippen LogP contribution in [0.3, 0.4) is 0 Å². The lowest BCUT2D eigenvalue weighted by Crippen LogP contribution is -2.50. The molecule has 2 unspecified atom stereocenters. The van der Waals surface area contributed by atoms with Crippen LogP contribution < -0.4 is 0 Å². The zero-order chi connectivity index (χ0) is 45.6. The second-order valence-corrected chi connectivity index (χ2v) is 19.2. The van der Waals surface area contributed by atoms with Gasteiger partial charge in [0.1, 0.15) is 6.61 Å². The Labute approximate surface area is 383 Å². The molecule has 0 saturated heterocycles. The van der Waals surface area contributed by atoms with Crippen LogP contribution in [0.15, 0.2) is 24.3 Å². The van der Waals surface area contributed by atoms with Crippen molar-refractivity contribution in [3.8, 4) is 0 Å². The number of aliphatic carboxylic acids is 1. The van der Waals surface area contributed by atoms with Crippen molar-refractivity contribution in [2.75, 3.05) is 41.0 Å². The topological polar surface area (TPSA) is 99.1 Å². The third-order valence-electron chi connectivity index (χ3n) is 12.1. The highest BCUT2D eigenvalue weighted by Gasteiger charge is 2.31. The molecule has 62 heavy (non-hydrogen) atoms. The molecule has 0 saturated carbocycles. The number of esters is 2. The van der Waals surface area contributed by atoms with Crippen molar-refractivity contribution >= 4 is 17.9 Å². The van der Waals surface area contributed by atoms with E-state index in [1.165, 1.54) is 173 Å². The van der Waals surface area contributed by atoms with Crippen molar-refractivity contribution in [3.63, 3.8) is 0 Å². The van der Waals surface area contributed by atoms with E-state index in [1.54, 1.807) is 0 Å². The van der Waals surface area contributed by atoms with Gasteiger partial charge in [-0.05, 0) is 38.5 Å². The summed E-state index contributed by atoms with van der Waals surface area (Å²) in [6.45, 7) is 4.74. The van der Waals surface area contributed by atoms with Gasteiger partial charge in [-0.25, -0.2) is 4.79 Å². The van der Waals surface area contributed by atoms with Crippen molar-refractivity contribution in [1.29, 1.82) is 0 Å². The monoisotopic (exact) mass is 877 g/mol. The van der Waals surface area contributed by atoms with Gasteiger partial charge in [-0.1, -0.05) is 218 Å². The quantitative estimate of drug-likeness (QED) is 0.0281. The van der Waals surface area contributed by atoms with Crippen molar-refractivity contribution in [2.24, 2.45) is 0 Å². The molecule has 0 aliphatic carbocycles. The molecule has 0 rings (SSSR count). The first-order valence-electron chi connectivity index (χ1n) is 26.4. The van der Waals surface area contributed by atoms with Gasteiger partial charge in [0.15, 0.2) is 12.1 Å². The molecule has 0 aromatic rings. The van der Waals surface area contributed by atoms with Gasteiger partial charge in [0.05, 0.1) is 34.4 Å². The molecular formula is C54H102NO7+. The number of ether oxygens (including phenoxy) is 3. The van der Waals surface area contributed by atoms with E-state index in [2.05, 4.69) is 38.2 Å². The van der Waals surface area contributed by atoms with Crippen LogP contribution in [-0.2, 0) is 28.6 Å². The van der Waals surface area contributed by atoms with Gasteiger partial charge in [0.2, 0.25) is 0 Å². The number of hydrogen-bond donors (Lipinski definition) is 1. The predicted molar refractivity (Wildman–Crippen MR) is 262 cm³/mol. The summed E-state index contributed by atoms with van der Waals surface area (Å²) in [7, 11) is 5.54. The number of unbranched alkanes of at least 4 members (excludes halogenated alkanes) is 31. The minimum Gasteiger partial charge on any atom is -0.477 e. The van der Waals surface area contributed by atoms with Gasteiger partial charge in [-0.3, -0.25) is 9.59 Å². The van der Waals surface area contributed by atoms with E-state index >= 15 is 0 Å². The van der Waals surface area contributed by atoms with Gasteiger partial charge in [0, 0.05) is 19.3 Å². The van der Waals surface area contributed by atoms with Gasteiger partial charge < -0.3 is 23.8 Å². The standard InChI is InChI=1S/C54H101NO7/c1-6-8-10-12-14-16-18-20-22-23-24-25-26-27-28-29-31-33-35-37-39-41-43-45-53(57)62-50(48-60-47-46-51(54(58)59)55(3,4)5)49-61-52(56)44-42-40-38-36-34-32-30-21-19-17-15-13-11-9-7-2/h15,17,19,21,50-51H,6-14,16,18,20,22-49H2,1-5H3/p+1/b17-15+,21-19+. The largest absolute Gasteiger partial charge is 0.477 e. The second kappa shape index (κ2) is 45.4. The molecule has 0 heterocycles. The molecular weight excluding hydrogens is 775 g/mol. The normalized spacial score (nSPS) is 13.0. The van der Waals surface area contributed by atoms with E-state index in [-0.39, 0.29) is 36.2 Å². The SMILES string of the molecule is CCCCC/C=C/C=C/CCCCCCCCC(=O)OCC(COCCC(C(=O)O)[N+](C)(C)C)OC(=O)CCCCCCCCCCCCCCCCCCCCCCCCC. The van der Waals surface area contributed by atoms with Crippen LogP contribution in [0.1, 0.15) is 251 Å². The van der Waals surface area contributed by atoms with E-state index in [1.807, 2.05) is 21.1 Å². The molecule has 364 valence electrons. The summed E-state index contributed by atoms with van der Waals surface area (Å²) in [5.41, 5.74) is 0. The second-order valence-electron chi connectivity index (χ2n) is 19.2. The Morgan fingerprint density at radius 3 is 1.24 bits per heavy atom. The van der Waals surface area contributed by atoms with Crippen molar-refractivity contribution in [3.05, 3.63) is 24.3 Å². The smallest absolute Gasteiger partial charge is 0.362 e. The molecule has 0 amide bonds.